The number of aryl methyl sites for hydroxylation is 3. The number of amides is 3. The number of urea groups is 1. The molecule has 0 bridgehead atoms. The van der Waals surface area contributed by atoms with E-state index < -0.39 is 0 Å². The minimum atomic E-state index is -0.310. The van der Waals surface area contributed by atoms with Crippen LogP contribution in [0.15, 0.2) is 42.5 Å². The molecule has 7 heteroatoms. The van der Waals surface area contributed by atoms with Crippen LogP contribution in [-0.4, -0.2) is 67.6 Å². The highest BCUT2D eigenvalue weighted by Gasteiger charge is 2.16. The number of rotatable bonds is 9. The molecule has 2 aromatic carbocycles. The van der Waals surface area contributed by atoms with Gasteiger partial charge in [0, 0.05) is 45.0 Å². The molecular weight excluding hydrogens is 414 g/mol. The molecule has 1 saturated heterocycles. The van der Waals surface area contributed by atoms with Crippen LogP contribution in [0.3, 0.4) is 0 Å². The Balaban J connectivity index is 1.26. The second-order valence-corrected chi connectivity index (χ2v) is 8.89. The van der Waals surface area contributed by atoms with Gasteiger partial charge < -0.3 is 20.9 Å². The highest BCUT2D eigenvalue weighted by Crippen LogP contribution is 2.21. The van der Waals surface area contributed by atoms with E-state index in [1.807, 2.05) is 32.9 Å². The summed E-state index contributed by atoms with van der Waals surface area (Å²) in [5.41, 5.74) is 5.38. The van der Waals surface area contributed by atoms with E-state index in [1.54, 1.807) is 0 Å². The standard InChI is InChI=1S/C26H37N5O2/c1-20-16-21(2)25(22(3)17-20)29-24(32)18-28-26(33)27-10-7-11-30-12-14-31(15-13-30)19-23-8-5-4-6-9-23/h4-6,8-9,16-17H,7,10-15,18-19H2,1-3H3,(H,29,32)(H2,27,28,33). The number of nitrogens with one attached hydrogen (secondary N) is 3. The number of nitrogens with zero attached hydrogens (tertiary/aromatic N) is 2. The number of anilines is 1. The number of carbonyl (C=O) groups is 2. The monoisotopic (exact) mass is 451 g/mol. The molecule has 3 N–H and O–H groups in total. The molecule has 0 radical (unpaired) electrons. The summed E-state index contributed by atoms with van der Waals surface area (Å²) in [6.45, 7) is 12.7. The van der Waals surface area contributed by atoms with Crippen LogP contribution in [0.1, 0.15) is 28.7 Å². The topological polar surface area (TPSA) is 76.7 Å². The lowest BCUT2D eigenvalue weighted by Gasteiger charge is -2.34. The maximum Gasteiger partial charge on any atom is 0.315 e. The molecule has 2 aromatic rings. The van der Waals surface area contributed by atoms with E-state index in [1.165, 1.54) is 5.56 Å². The first-order valence-corrected chi connectivity index (χ1v) is 11.8. The molecule has 0 spiro atoms. The molecule has 3 amide bonds. The molecule has 1 heterocycles. The summed E-state index contributed by atoms with van der Waals surface area (Å²) in [5, 5.41) is 8.38. The first-order valence-electron chi connectivity index (χ1n) is 11.8. The summed E-state index contributed by atoms with van der Waals surface area (Å²) >= 11 is 0. The van der Waals surface area contributed by atoms with Gasteiger partial charge in [-0.15, -0.1) is 0 Å². The fraction of sp³-hybridized carbons (Fsp3) is 0.462. The first-order chi connectivity index (χ1) is 15.9. The normalized spacial score (nSPS) is 14.6. The van der Waals surface area contributed by atoms with Crippen molar-refractivity contribution < 1.29 is 9.59 Å². The zero-order chi connectivity index (χ0) is 23.6. The summed E-state index contributed by atoms with van der Waals surface area (Å²) in [6, 6.07) is 14.3. The van der Waals surface area contributed by atoms with Crippen LogP contribution in [0.2, 0.25) is 0 Å². The van der Waals surface area contributed by atoms with E-state index in [9.17, 15) is 9.59 Å². The van der Waals surface area contributed by atoms with Gasteiger partial charge in [0.05, 0.1) is 6.54 Å². The third-order valence-electron chi connectivity index (χ3n) is 6.00. The molecule has 33 heavy (non-hydrogen) atoms. The molecule has 0 aromatic heterocycles. The van der Waals surface area contributed by atoms with Gasteiger partial charge in [-0.1, -0.05) is 48.0 Å². The van der Waals surface area contributed by atoms with Crippen molar-refractivity contribution in [2.75, 3.05) is 51.1 Å². The maximum absolute atomic E-state index is 12.2. The smallest absolute Gasteiger partial charge is 0.315 e. The lowest BCUT2D eigenvalue weighted by molar-refractivity contribution is -0.115. The molecule has 1 aliphatic rings. The Morgan fingerprint density at radius 1 is 0.879 bits per heavy atom. The average molecular weight is 452 g/mol. The predicted octanol–water partition coefficient (Wildman–Crippen LogP) is 3.06. The number of piperazine rings is 1. The number of benzene rings is 2. The summed E-state index contributed by atoms with van der Waals surface area (Å²) in [5.74, 6) is -0.228. The zero-order valence-electron chi connectivity index (χ0n) is 20.1. The third kappa shape index (κ3) is 8.18. The summed E-state index contributed by atoms with van der Waals surface area (Å²) in [7, 11) is 0. The van der Waals surface area contributed by atoms with Gasteiger partial charge in [-0.3, -0.25) is 9.69 Å². The van der Waals surface area contributed by atoms with E-state index in [4.69, 9.17) is 0 Å². The highest BCUT2D eigenvalue weighted by molar-refractivity contribution is 5.95. The van der Waals surface area contributed by atoms with E-state index in [0.717, 1.165) is 68.1 Å². The Hall–Kier alpha value is -2.90. The van der Waals surface area contributed by atoms with Gasteiger partial charge in [0.1, 0.15) is 0 Å². The van der Waals surface area contributed by atoms with Crippen LogP contribution in [0.5, 0.6) is 0 Å². The minimum Gasteiger partial charge on any atom is -0.338 e. The van der Waals surface area contributed by atoms with Gasteiger partial charge >= 0.3 is 6.03 Å². The maximum atomic E-state index is 12.2. The first kappa shape index (κ1) is 24.7. The molecule has 1 aliphatic heterocycles. The zero-order valence-corrected chi connectivity index (χ0v) is 20.1. The van der Waals surface area contributed by atoms with Crippen LogP contribution in [-0.2, 0) is 11.3 Å². The Bertz CT molecular complexity index is 901. The lowest BCUT2D eigenvalue weighted by Crippen LogP contribution is -2.46. The van der Waals surface area contributed by atoms with Crippen molar-refractivity contribution in [3.8, 4) is 0 Å². The Morgan fingerprint density at radius 2 is 1.52 bits per heavy atom. The van der Waals surface area contributed by atoms with Crippen molar-refractivity contribution in [3.05, 3.63) is 64.7 Å². The van der Waals surface area contributed by atoms with Crippen molar-refractivity contribution in [2.45, 2.75) is 33.7 Å². The number of hydrogen-bond donors (Lipinski definition) is 3. The molecule has 178 valence electrons. The van der Waals surface area contributed by atoms with Crippen LogP contribution < -0.4 is 16.0 Å². The van der Waals surface area contributed by atoms with Crippen molar-refractivity contribution in [3.63, 3.8) is 0 Å². The van der Waals surface area contributed by atoms with Crippen molar-refractivity contribution >= 4 is 17.6 Å². The second kappa shape index (κ2) is 12.4. The molecule has 0 atom stereocenters. The molecule has 7 nitrogen and oxygen atoms in total. The molecular formula is C26H37N5O2. The van der Waals surface area contributed by atoms with Crippen molar-refractivity contribution in [1.82, 2.24) is 20.4 Å². The lowest BCUT2D eigenvalue weighted by atomic mass is 10.1. The average Bonchev–Trinajstić information content (AvgIpc) is 2.79. The fourth-order valence-electron chi connectivity index (χ4n) is 4.30. The quantitative estimate of drug-likeness (QED) is 0.512. The molecule has 0 unspecified atom stereocenters. The van der Waals surface area contributed by atoms with E-state index in [-0.39, 0.29) is 18.5 Å². The largest absolute Gasteiger partial charge is 0.338 e. The van der Waals surface area contributed by atoms with Gasteiger partial charge in [0.2, 0.25) is 5.91 Å². The SMILES string of the molecule is Cc1cc(C)c(NC(=O)CNC(=O)NCCCN2CCN(Cc3ccccc3)CC2)c(C)c1. The molecule has 1 fully saturated rings. The minimum absolute atomic E-state index is 0.0536. The highest BCUT2D eigenvalue weighted by atomic mass is 16.2. The summed E-state index contributed by atoms with van der Waals surface area (Å²) in [6.07, 6.45) is 0.889. The van der Waals surface area contributed by atoms with Gasteiger partial charge in [0.25, 0.3) is 0 Å². The Morgan fingerprint density at radius 3 is 2.18 bits per heavy atom. The van der Waals surface area contributed by atoms with Gasteiger partial charge in [-0.05, 0) is 50.4 Å². The van der Waals surface area contributed by atoms with Crippen LogP contribution in [0.4, 0.5) is 10.5 Å². The Kier molecular flexibility index (Phi) is 9.27. The van der Waals surface area contributed by atoms with Gasteiger partial charge in [-0.25, -0.2) is 4.79 Å². The summed E-state index contributed by atoms with van der Waals surface area (Å²) < 4.78 is 0. The number of carbonyl (C=O) groups excluding carboxylic acids is 2. The fourth-order valence-corrected chi connectivity index (χ4v) is 4.30. The van der Waals surface area contributed by atoms with E-state index in [2.05, 4.69) is 56.1 Å². The van der Waals surface area contributed by atoms with Crippen molar-refractivity contribution in [2.24, 2.45) is 0 Å². The van der Waals surface area contributed by atoms with Crippen LogP contribution in [0, 0.1) is 20.8 Å². The number of hydrogen-bond acceptors (Lipinski definition) is 4. The van der Waals surface area contributed by atoms with Crippen LogP contribution >= 0.6 is 0 Å². The van der Waals surface area contributed by atoms with Crippen molar-refractivity contribution in [1.29, 1.82) is 0 Å². The predicted molar refractivity (Wildman–Crippen MR) is 133 cm³/mol. The molecule has 0 saturated carbocycles. The van der Waals surface area contributed by atoms with Gasteiger partial charge in [-0.2, -0.15) is 0 Å². The Labute approximate surface area is 197 Å². The second-order valence-electron chi connectivity index (χ2n) is 8.89. The molecule has 0 aliphatic carbocycles. The van der Waals surface area contributed by atoms with E-state index >= 15 is 0 Å². The molecule has 3 rings (SSSR count). The third-order valence-corrected chi connectivity index (χ3v) is 6.00. The van der Waals surface area contributed by atoms with Gasteiger partial charge in [0.15, 0.2) is 0 Å². The van der Waals surface area contributed by atoms with E-state index in [0.29, 0.717) is 6.54 Å². The summed E-state index contributed by atoms with van der Waals surface area (Å²) in [4.78, 5) is 29.2. The van der Waals surface area contributed by atoms with Crippen LogP contribution in [0.25, 0.3) is 0 Å².